The molecule has 0 amide bonds. The molecular formula is C11H19N3S. The van der Waals surface area contributed by atoms with E-state index in [0.717, 1.165) is 17.1 Å². The van der Waals surface area contributed by atoms with Crippen LogP contribution in [0.1, 0.15) is 38.2 Å². The summed E-state index contributed by atoms with van der Waals surface area (Å²) in [6.45, 7) is 5.44. The zero-order valence-corrected chi connectivity index (χ0v) is 10.3. The van der Waals surface area contributed by atoms with Crippen LogP contribution in [0.2, 0.25) is 0 Å². The highest BCUT2D eigenvalue weighted by Crippen LogP contribution is 2.38. The summed E-state index contributed by atoms with van der Waals surface area (Å²) in [6, 6.07) is 0. The van der Waals surface area contributed by atoms with Crippen molar-refractivity contribution in [1.29, 1.82) is 0 Å². The van der Waals surface area contributed by atoms with Gasteiger partial charge in [0, 0.05) is 12.1 Å². The van der Waals surface area contributed by atoms with Crippen LogP contribution in [0, 0.1) is 12.3 Å². The Morgan fingerprint density at radius 3 is 2.67 bits per heavy atom. The molecule has 0 spiro atoms. The van der Waals surface area contributed by atoms with Gasteiger partial charge in [0.25, 0.3) is 0 Å². The first-order valence-electron chi connectivity index (χ1n) is 5.56. The van der Waals surface area contributed by atoms with Crippen LogP contribution in [-0.4, -0.2) is 10.9 Å². The Morgan fingerprint density at radius 1 is 1.47 bits per heavy atom. The molecule has 0 unspecified atom stereocenters. The van der Waals surface area contributed by atoms with E-state index in [1.54, 1.807) is 0 Å². The fraction of sp³-hybridized carbons (Fsp3) is 0.727. The highest BCUT2D eigenvalue weighted by molar-refractivity contribution is 7.10. The van der Waals surface area contributed by atoms with Crippen molar-refractivity contribution in [2.45, 2.75) is 39.5 Å². The minimum atomic E-state index is 0.477. The molecule has 1 aromatic heterocycles. The molecule has 0 radical (unpaired) electrons. The van der Waals surface area contributed by atoms with Gasteiger partial charge < -0.3 is 11.1 Å². The lowest BCUT2D eigenvalue weighted by atomic mass is 9.89. The summed E-state index contributed by atoms with van der Waals surface area (Å²) in [4.78, 5) is 0. The van der Waals surface area contributed by atoms with E-state index in [0.29, 0.717) is 11.2 Å². The molecule has 0 atom stereocenters. The number of anilines is 2. The van der Waals surface area contributed by atoms with Crippen LogP contribution in [0.15, 0.2) is 0 Å². The molecule has 1 aromatic rings. The van der Waals surface area contributed by atoms with Crippen molar-refractivity contribution in [3.8, 4) is 0 Å². The molecule has 1 fully saturated rings. The summed E-state index contributed by atoms with van der Waals surface area (Å²) in [6.07, 6.45) is 5.44. The summed E-state index contributed by atoms with van der Waals surface area (Å²) in [5, 5.41) is 4.63. The summed E-state index contributed by atoms with van der Waals surface area (Å²) in [5.41, 5.74) is 7.29. The van der Waals surface area contributed by atoms with E-state index in [-0.39, 0.29) is 0 Å². The van der Waals surface area contributed by atoms with E-state index in [2.05, 4.69) is 16.6 Å². The number of rotatable bonds is 3. The second-order valence-electron chi connectivity index (χ2n) is 4.89. The van der Waals surface area contributed by atoms with Gasteiger partial charge in [-0.25, -0.2) is 0 Å². The highest BCUT2D eigenvalue weighted by Gasteiger charge is 2.28. The molecule has 4 heteroatoms. The second kappa shape index (κ2) is 4.00. The zero-order chi connectivity index (χ0) is 10.9. The number of nitrogens with zero attached hydrogens (tertiary/aromatic N) is 1. The Hall–Kier alpha value is -0.770. The van der Waals surface area contributed by atoms with Gasteiger partial charge in [-0.05, 0) is 36.7 Å². The largest absolute Gasteiger partial charge is 0.383 e. The van der Waals surface area contributed by atoms with Crippen LogP contribution >= 0.6 is 11.5 Å². The monoisotopic (exact) mass is 225 g/mol. The summed E-state index contributed by atoms with van der Waals surface area (Å²) in [7, 11) is 0. The van der Waals surface area contributed by atoms with Crippen molar-refractivity contribution in [3.63, 3.8) is 0 Å². The summed E-state index contributed by atoms with van der Waals surface area (Å²) < 4.78 is 4.14. The van der Waals surface area contributed by atoms with Gasteiger partial charge in [-0.2, -0.15) is 4.37 Å². The van der Waals surface area contributed by atoms with E-state index in [1.807, 2.05) is 6.92 Å². The zero-order valence-electron chi connectivity index (χ0n) is 9.47. The molecular weight excluding hydrogens is 206 g/mol. The highest BCUT2D eigenvalue weighted by atomic mass is 32.1. The molecule has 2 rings (SSSR count). The third kappa shape index (κ3) is 2.25. The van der Waals surface area contributed by atoms with Gasteiger partial charge in [-0.3, -0.25) is 0 Å². The maximum Gasteiger partial charge on any atom is 0.142 e. The predicted octanol–water partition coefficient (Wildman–Crippen LogP) is 3.03. The summed E-state index contributed by atoms with van der Waals surface area (Å²) >= 11 is 1.47. The average Bonchev–Trinajstić information content (AvgIpc) is 2.75. The van der Waals surface area contributed by atoms with Crippen LogP contribution in [0.5, 0.6) is 0 Å². The quantitative estimate of drug-likeness (QED) is 0.831. The Morgan fingerprint density at radius 2 is 2.13 bits per heavy atom. The number of hydrogen-bond acceptors (Lipinski definition) is 4. The minimum absolute atomic E-state index is 0.477. The fourth-order valence-corrected chi connectivity index (χ4v) is 2.92. The van der Waals surface area contributed by atoms with Gasteiger partial charge in [0.05, 0.1) is 0 Å². The Bertz CT molecular complexity index is 340. The normalized spacial score (nSPS) is 19.3. The van der Waals surface area contributed by atoms with Crippen LogP contribution in [0.3, 0.4) is 0 Å². The minimum Gasteiger partial charge on any atom is -0.383 e. The number of nitrogens with two attached hydrogens (primary N) is 1. The third-order valence-corrected chi connectivity index (χ3v) is 4.37. The molecule has 1 heterocycles. The van der Waals surface area contributed by atoms with Crippen LogP contribution in [-0.2, 0) is 0 Å². The lowest BCUT2D eigenvalue weighted by Gasteiger charge is -2.23. The van der Waals surface area contributed by atoms with E-state index in [9.17, 15) is 0 Å². The maximum absolute atomic E-state index is 5.72. The molecule has 3 N–H and O–H groups in total. The van der Waals surface area contributed by atoms with Crippen LogP contribution in [0.25, 0.3) is 0 Å². The molecule has 3 nitrogen and oxygen atoms in total. The number of aromatic nitrogens is 1. The molecule has 1 aliphatic rings. The smallest absolute Gasteiger partial charge is 0.142 e. The van der Waals surface area contributed by atoms with Crippen molar-refractivity contribution in [1.82, 2.24) is 4.37 Å². The van der Waals surface area contributed by atoms with Crippen molar-refractivity contribution in [2.24, 2.45) is 5.41 Å². The van der Waals surface area contributed by atoms with Gasteiger partial charge in [-0.15, -0.1) is 0 Å². The second-order valence-corrected chi connectivity index (χ2v) is 5.67. The summed E-state index contributed by atoms with van der Waals surface area (Å²) in [5.74, 6) is 0.666. The first kappa shape index (κ1) is 10.7. The van der Waals surface area contributed by atoms with Gasteiger partial charge in [-0.1, -0.05) is 19.8 Å². The van der Waals surface area contributed by atoms with Crippen molar-refractivity contribution < 1.29 is 0 Å². The SMILES string of the molecule is Cc1c(N)nsc1NCC1(C)CCCC1. The lowest BCUT2D eigenvalue weighted by Crippen LogP contribution is -2.22. The molecule has 0 bridgehead atoms. The Balaban J connectivity index is 1.95. The third-order valence-electron chi connectivity index (χ3n) is 3.45. The lowest BCUT2D eigenvalue weighted by molar-refractivity contribution is 0.362. The standard InChI is InChI=1S/C11H19N3S/c1-8-9(12)14-15-10(8)13-7-11(2)5-3-4-6-11/h13H,3-7H2,1-2H3,(H2,12,14). The van der Waals surface area contributed by atoms with Gasteiger partial charge in [0.2, 0.25) is 0 Å². The molecule has 0 aliphatic heterocycles. The average molecular weight is 225 g/mol. The molecule has 0 saturated heterocycles. The molecule has 1 aliphatic carbocycles. The van der Waals surface area contributed by atoms with Crippen molar-refractivity contribution >= 4 is 22.4 Å². The van der Waals surface area contributed by atoms with E-state index in [4.69, 9.17) is 5.73 Å². The van der Waals surface area contributed by atoms with E-state index >= 15 is 0 Å². The molecule has 84 valence electrons. The van der Waals surface area contributed by atoms with Crippen LogP contribution in [0.4, 0.5) is 10.8 Å². The fourth-order valence-electron chi connectivity index (χ4n) is 2.21. The predicted molar refractivity (Wildman–Crippen MR) is 66.3 cm³/mol. The van der Waals surface area contributed by atoms with Crippen molar-refractivity contribution in [2.75, 3.05) is 17.6 Å². The Kier molecular flexibility index (Phi) is 2.87. The Labute approximate surface area is 95.2 Å². The number of nitrogens with one attached hydrogen (secondary N) is 1. The number of hydrogen-bond donors (Lipinski definition) is 2. The molecule has 15 heavy (non-hydrogen) atoms. The number of nitrogen functional groups attached to an aromatic ring is 1. The van der Waals surface area contributed by atoms with Gasteiger partial charge >= 0.3 is 0 Å². The van der Waals surface area contributed by atoms with Gasteiger partial charge in [0.1, 0.15) is 10.8 Å². The van der Waals surface area contributed by atoms with Crippen molar-refractivity contribution in [3.05, 3.63) is 5.56 Å². The molecule has 1 saturated carbocycles. The topological polar surface area (TPSA) is 50.9 Å². The molecule has 0 aromatic carbocycles. The van der Waals surface area contributed by atoms with Gasteiger partial charge in [0.15, 0.2) is 0 Å². The first-order valence-corrected chi connectivity index (χ1v) is 6.34. The van der Waals surface area contributed by atoms with Crippen LogP contribution < -0.4 is 11.1 Å². The first-order chi connectivity index (χ1) is 7.11. The van der Waals surface area contributed by atoms with E-state index < -0.39 is 0 Å². The van der Waals surface area contributed by atoms with E-state index in [1.165, 1.54) is 37.2 Å². The maximum atomic E-state index is 5.72.